The van der Waals surface area contributed by atoms with E-state index in [-0.39, 0.29) is 6.10 Å². The van der Waals surface area contributed by atoms with Crippen LogP contribution in [0.2, 0.25) is 0 Å². The lowest BCUT2D eigenvalue weighted by atomic mass is 9.96. The average molecular weight is 306 g/mol. The van der Waals surface area contributed by atoms with Crippen LogP contribution in [0.4, 0.5) is 0 Å². The summed E-state index contributed by atoms with van der Waals surface area (Å²) in [6.45, 7) is 11.9. The molecule has 0 aliphatic rings. The van der Waals surface area contributed by atoms with Crippen LogP contribution in [0, 0.1) is 0 Å². The molecule has 0 aliphatic heterocycles. The van der Waals surface area contributed by atoms with Gasteiger partial charge in [0.2, 0.25) is 0 Å². The molecule has 22 heavy (non-hydrogen) atoms. The molecule has 1 rings (SSSR count). The van der Waals surface area contributed by atoms with Gasteiger partial charge >= 0.3 is 0 Å². The van der Waals surface area contributed by atoms with E-state index in [1.807, 2.05) is 0 Å². The Labute approximate surface area is 137 Å². The highest BCUT2D eigenvalue weighted by Crippen LogP contribution is 2.22. The van der Waals surface area contributed by atoms with Gasteiger partial charge in [0.25, 0.3) is 0 Å². The summed E-state index contributed by atoms with van der Waals surface area (Å²) >= 11 is 0. The second-order valence-corrected chi connectivity index (χ2v) is 6.50. The molecule has 0 heterocycles. The van der Waals surface area contributed by atoms with Crippen LogP contribution in [0.1, 0.15) is 82.9 Å². The zero-order valence-electron chi connectivity index (χ0n) is 15.0. The van der Waals surface area contributed by atoms with Crippen LogP contribution in [-0.2, 0) is 0 Å². The number of nitrogens with zero attached hydrogens (tertiary/aromatic N) is 1. The van der Waals surface area contributed by atoms with E-state index in [2.05, 4.69) is 56.9 Å². The van der Waals surface area contributed by atoms with Gasteiger partial charge in [-0.15, -0.1) is 0 Å². The minimum atomic E-state index is -0.375. The number of rotatable bonds is 11. The standard InChI is InChI=1S/C20H35NO/c1-5-8-14-21(15-9-6-2)16-20(22)19-12-10-18(11-13-19)17(4)7-3/h10-13,17,20,22H,5-9,14-16H2,1-4H3. The summed E-state index contributed by atoms with van der Waals surface area (Å²) < 4.78 is 0. The molecule has 0 aromatic heterocycles. The van der Waals surface area contributed by atoms with Crippen LogP contribution >= 0.6 is 0 Å². The fourth-order valence-electron chi connectivity index (χ4n) is 2.69. The smallest absolute Gasteiger partial charge is 0.0916 e. The molecule has 0 aliphatic carbocycles. The molecule has 2 atom stereocenters. The molecule has 1 N–H and O–H groups in total. The van der Waals surface area contributed by atoms with Crippen LogP contribution in [0.25, 0.3) is 0 Å². The third-order valence-electron chi connectivity index (χ3n) is 4.59. The molecule has 0 saturated carbocycles. The molecule has 1 aromatic carbocycles. The Hall–Kier alpha value is -0.860. The number of aliphatic hydroxyl groups excluding tert-OH is 1. The van der Waals surface area contributed by atoms with Crippen molar-refractivity contribution in [2.45, 2.75) is 71.8 Å². The Kier molecular flexibility index (Phi) is 9.42. The van der Waals surface area contributed by atoms with Crippen molar-refractivity contribution >= 4 is 0 Å². The van der Waals surface area contributed by atoms with Crippen molar-refractivity contribution in [3.05, 3.63) is 35.4 Å². The molecule has 0 spiro atoms. The summed E-state index contributed by atoms with van der Waals surface area (Å²) in [4.78, 5) is 2.42. The van der Waals surface area contributed by atoms with Crippen molar-refractivity contribution < 1.29 is 5.11 Å². The molecule has 1 aromatic rings. The summed E-state index contributed by atoms with van der Waals surface area (Å²) in [6, 6.07) is 8.55. The van der Waals surface area contributed by atoms with Gasteiger partial charge in [-0.2, -0.15) is 0 Å². The second-order valence-electron chi connectivity index (χ2n) is 6.50. The Balaban J connectivity index is 2.61. The molecular formula is C20H35NO. The van der Waals surface area contributed by atoms with Gasteiger partial charge in [0.1, 0.15) is 0 Å². The molecule has 2 nitrogen and oxygen atoms in total. The molecule has 0 amide bonds. The van der Waals surface area contributed by atoms with Crippen molar-refractivity contribution in [1.29, 1.82) is 0 Å². The van der Waals surface area contributed by atoms with Crippen molar-refractivity contribution in [1.82, 2.24) is 4.90 Å². The first-order valence-electron chi connectivity index (χ1n) is 9.12. The summed E-state index contributed by atoms with van der Waals surface area (Å²) in [5, 5.41) is 10.5. The first-order chi connectivity index (χ1) is 10.6. The highest BCUT2D eigenvalue weighted by Gasteiger charge is 2.13. The fraction of sp³-hybridized carbons (Fsp3) is 0.700. The topological polar surface area (TPSA) is 23.5 Å². The van der Waals surface area contributed by atoms with E-state index in [0.717, 1.165) is 31.6 Å². The van der Waals surface area contributed by atoms with Crippen molar-refractivity contribution in [2.75, 3.05) is 19.6 Å². The third-order valence-corrected chi connectivity index (χ3v) is 4.59. The van der Waals surface area contributed by atoms with E-state index >= 15 is 0 Å². The van der Waals surface area contributed by atoms with Gasteiger partial charge in [0.05, 0.1) is 6.10 Å². The second kappa shape index (κ2) is 10.8. The van der Waals surface area contributed by atoms with Crippen molar-refractivity contribution in [3.8, 4) is 0 Å². The van der Waals surface area contributed by atoms with E-state index in [1.54, 1.807) is 0 Å². The zero-order chi connectivity index (χ0) is 16.4. The van der Waals surface area contributed by atoms with Gasteiger partial charge in [-0.25, -0.2) is 0 Å². The van der Waals surface area contributed by atoms with Gasteiger partial charge in [0.15, 0.2) is 0 Å². The highest BCUT2D eigenvalue weighted by molar-refractivity contribution is 5.26. The SMILES string of the molecule is CCCCN(CCCC)CC(O)c1ccc(C(C)CC)cc1. The number of benzene rings is 1. The average Bonchev–Trinajstić information content (AvgIpc) is 2.56. The molecule has 126 valence electrons. The van der Waals surface area contributed by atoms with Crippen LogP contribution < -0.4 is 0 Å². The van der Waals surface area contributed by atoms with Crippen LogP contribution in [0.3, 0.4) is 0 Å². The Bertz CT molecular complexity index is 379. The van der Waals surface area contributed by atoms with Gasteiger partial charge in [-0.05, 0) is 49.4 Å². The normalized spacial score (nSPS) is 14.3. The Morgan fingerprint density at radius 1 is 0.909 bits per heavy atom. The Morgan fingerprint density at radius 2 is 1.41 bits per heavy atom. The maximum Gasteiger partial charge on any atom is 0.0916 e. The van der Waals surface area contributed by atoms with E-state index < -0.39 is 0 Å². The first-order valence-corrected chi connectivity index (χ1v) is 9.12. The minimum absolute atomic E-state index is 0.375. The molecule has 0 radical (unpaired) electrons. The van der Waals surface area contributed by atoms with Crippen molar-refractivity contribution in [3.63, 3.8) is 0 Å². The lowest BCUT2D eigenvalue weighted by Crippen LogP contribution is -2.30. The predicted molar refractivity (Wildman–Crippen MR) is 96.4 cm³/mol. The van der Waals surface area contributed by atoms with Crippen LogP contribution in [0.15, 0.2) is 24.3 Å². The Morgan fingerprint density at radius 3 is 1.86 bits per heavy atom. The quantitative estimate of drug-likeness (QED) is 0.612. The number of hydrogen-bond donors (Lipinski definition) is 1. The van der Waals surface area contributed by atoms with E-state index in [1.165, 1.54) is 31.2 Å². The predicted octanol–water partition coefficient (Wildman–Crippen LogP) is 5.14. The molecule has 2 unspecified atom stereocenters. The molecule has 0 saturated heterocycles. The molecule has 2 heteroatoms. The largest absolute Gasteiger partial charge is 0.387 e. The molecule has 0 bridgehead atoms. The number of unbranched alkanes of at least 4 members (excludes halogenated alkanes) is 2. The molecular weight excluding hydrogens is 270 g/mol. The van der Waals surface area contributed by atoms with Gasteiger partial charge in [-0.3, -0.25) is 0 Å². The minimum Gasteiger partial charge on any atom is -0.387 e. The van der Waals surface area contributed by atoms with E-state index in [0.29, 0.717) is 5.92 Å². The van der Waals surface area contributed by atoms with Gasteiger partial charge in [-0.1, -0.05) is 64.8 Å². The van der Waals surface area contributed by atoms with Gasteiger partial charge in [0, 0.05) is 6.54 Å². The lowest BCUT2D eigenvalue weighted by molar-refractivity contribution is 0.111. The van der Waals surface area contributed by atoms with E-state index in [9.17, 15) is 5.11 Å². The number of aliphatic hydroxyl groups is 1. The monoisotopic (exact) mass is 305 g/mol. The summed E-state index contributed by atoms with van der Waals surface area (Å²) in [5.41, 5.74) is 2.41. The van der Waals surface area contributed by atoms with Gasteiger partial charge < -0.3 is 10.0 Å². The van der Waals surface area contributed by atoms with Crippen LogP contribution in [0.5, 0.6) is 0 Å². The first kappa shape index (κ1) is 19.2. The maximum atomic E-state index is 10.5. The lowest BCUT2D eigenvalue weighted by Gasteiger charge is -2.25. The summed E-state index contributed by atoms with van der Waals surface area (Å²) in [6.07, 6.45) is 5.63. The third kappa shape index (κ3) is 6.50. The zero-order valence-corrected chi connectivity index (χ0v) is 15.0. The summed E-state index contributed by atoms with van der Waals surface area (Å²) in [7, 11) is 0. The van der Waals surface area contributed by atoms with E-state index in [4.69, 9.17) is 0 Å². The maximum absolute atomic E-state index is 10.5. The fourth-order valence-corrected chi connectivity index (χ4v) is 2.69. The highest BCUT2D eigenvalue weighted by atomic mass is 16.3. The summed E-state index contributed by atoms with van der Waals surface area (Å²) in [5.74, 6) is 0.594. The number of hydrogen-bond acceptors (Lipinski definition) is 2. The van der Waals surface area contributed by atoms with Crippen LogP contribution in [-0.4, -0.2) is 29.6 Å². The van der Waals surface area contributed by atoms with Crippen molar-refractivity contribution in [2.24, 2.45) is 0 Å². The molecule has 0 fully saturated rings.